The number of anilines is 1. The van der Waals surface area contributed by atoms with Gasteiger partial charge in [-0.1, -0.05) is 0 Å². The van der Waals surface area contributed by atoms with Crippen molar-refractivity contribution < 1.29 is 14.3 Å². The number of thioether (sulfide) groups is 1. The molecule has 8 nitrogen and oxygen atoms in total. The number of carbonyl (C=O) groups is 2. The first-order valence-corrected chi connectivity index (χ1v) is 9.35. The number of rotatable bonds is 5. The number of ether oxygens (including phenoxy) is 1. The third-order valence-corrected chi connectivity index (χ3v) is 5.14. The Bertz CT molecular complexity index is 567. The van der Waals surface area contributed by atoms with Gasteiger partial charge >= 0.3 is 0 Å². The Hall–Kier alpha value is -1.58. The highest BCUT2D eigenvalue weighted by molar-refractivity contribution is 7.99. The van der Waals surface area contributed by atoms with Gasteiger partial charge in [0.2, 0.25) is 11.8 Å². The molecule has 1 aromatic rings. The van der Waals surface area contributed by atoms with Crippen molar-refractivity contribution in [3.63, 3.8) is 0 Å². The summed E-state index contributed by atoms with van der Waals surface area (Å²) >= 11 is 1.87. The number of morpholine rings is 1. The molecule has 2 amide bonds. The molecule has 0 saturated carbocycles. The van der Waals surface area contributed by atoms with E-state index in [-0.39, 0.29) is 24.4 Å². The third kappa shape index (κ3) is 4.96. The third-order valence-electron chi connectivity index (χ3n) is 4.01. The lowest BCUT2D eigenvalue weighted by atomic mass is 10.2. The van der Waals surface area contributed by atoms with Gasteiger partial charge in [0.05, 0.1) is 25.1 Å². The molecule has 3 heterocycles. The lowest BCUT2D eigenvalue weighted by molar-refractivity contribution is -0.136. The molecule has 0 radical (unpaired) electrons. The van der Waals surface area contributed by atoms with Crippen LogP contribution in [-0.2, 0) is 20.9 Å². The van der Waals surface area contributed by atoms with E-state index in [4.69, 9.17) is 4.74 Å². The lowest BCUT2D eigenvalue weighted by Gasteiger charge is -2.26. The second kappa shape index (κ2) is 8.50. The molecule has 2 aliphatic rings. The standard InChI is InChI=1S/C15H23N5O3S/c21-14(7-12-11-24-6-1-16-12)18-13-8-17-20(9-13)10-15(22)19-2-4-23-5-3-19/h8-9,12,16H,1-7,10-11H2,(H,18,21). The molecule has 24 heavy (non-hydrogen) atoms. The molecular formula is C15H23N5O3S. The summed E-state index contributed by atoms with van der Waals surface area (Å²) in [6.45, 7) is 3.53. The first kappa shape index (κ1) is 17.2. The number of amides is 2. The van der Waals surface area contributed by atoms with Crippen molar-refractivity contribution in [2.45, 2.75) is 19.0 Å². The van der Waals surface area contributed by atoms with Gasteiger partial charge < -0.3 is 20.3 Å². The van der Waals surface area contributed by atoms with Crippen molar-refractivity contribution in [1.29, 1.82) is 0 Å². The smallest absolute Gasteiger partial charge is 0.244 e. The summed E-state index contributed by atoms with van der Waals surface area (Å²) in [5.74, 6) is 2.04. The Morgan fingerprint density at radius 1 is 1.42 bits per heavy atom. The predicted molar refractivity (Wildman–Crippen MR) is 92.0 cm³/mol. The van der Waals surface area contributed by atoms with Crippen LogP contribution >= 0.6 is 11.8 Å². The predicted octanol–water partition coefficient (Wildman–Crippen LogP) is -0.224. The van der Waals surface area contributed by atoms with E-state index in [1.807, 2.05) is 11.8 Å². The fourth-order valence-corrected chi connectivity index (χ4v) is 3.70. The first-order chi connectivity index (χ1) is 11.7. The Labute approximate surface area is 145 Å². The summed E-state index contributed by atoms with van der Waals surface area (Å²) in [6.07, 6.45) is 3.72. The molecule has 132 valence electrons. The van der Waals surface area contributed by atoms with Crippen molar-refractivity contribution in [1.82, 2.24) is 20.0 Å². The Morgan fingerprint density at radius 2 is 2.25 bits per heavy atom. The zero-order valence-electron chi connectivity index (χ0n) is 13.6. The summed E-state index contributed by atoms with van der Waals surface area (Å²) in [4.78, 5) is 26.0. The topological polar surface area (TPSA) is 88.5 Å². The zero-order valence-corrected chi connectivity index (χ0v) is 14.4. The lowest BCUT2D eigenvalue weighted by Crippen LogP contribution is -2.42. The van der Waals surface area contributed by atoms with Crippen molar-refractivity contribution in [3.05, 3.63) is 12.4 Å². The molecule has 2 saturated heterocycles. The van der Waals surface area contributed by atoms with E-state index in [0.717, 1.165) is 18.1 Å². The summed E-state index contributed by atoms with van der Waals surface area (Å²) < 4.78 is 6.80. The molecule has 0 aromatic carbocycles. The largest absolute Gasteiger partial charge is 0.378 e. The van der Waals surface area contributed by atoms with Crippen LogP contribution < -0.4 is 10.6 Å². The number of nitrogens with zero attached hydrogens (tertiary/aromatic N) is 3. The van der Waals surface area contributed by atoms with Gasteiger partial charge in [-0.25, -0.2) is 0 Å². The Balaban J connectivity index is 1.46. The van der Waals surface area contributed by atoms with Crippen molar-refractivity contribution in [2.75, 3.05) is 49.7 Å². The molecule has 9 heteroatoms. The van der Waals surface area contributed by atoms with Crippen molar-refractivity contribution in [3.8, 4) is 0 Å². The van der Waals surface area contributed by atoms with Gasteiger partial charge in [0.25, 0.3) is 0 Å². The molecule has 2 N–H and O–H groups in total. The van der Waals surface area contributed by atoms with Gasteiger partial charge in [-0.2, -0.15) is 16.9 Å². The van der Waals surface area contributed by atoms with Crippen LogP contribution in [0.5, 0.6) is 0 Å². The van der Waals surface area contributed by atoms with Gasteiger partial charge in [-0.15, -0.1) is 0 Å². The molecule has 3 rings (SSSR count). The molecule has 0 spiro atoms. The van der Waals surface area contributed by atoms with Crippen LogP contribution in [0.15, 0.2) is 12.4 Å². The van der Waals surface area contributed by atoms with Gasteiger partial charge in [0.15, 0.2) is 0 Å². The maximum absolute atomic E-state index is 12.2. The minimum Gasteiger partial charge on any atom is -0.378 e. The van der Waals surface area contributed by atoms with Crippen LogP contribution in [0, 0.1) is 0 Å². The minimum absolute atomic E-state index is 0.0164. The van der Waals surface area contributed by atoms with Crippen LogP contribution in [0.3, 0.4) is 0 Å². The van der Waals surface area contributed by atoms with Crippen LogP contribution in [0.2, 0.25) is 0 Å². The summed E-state index contributed by atoms with van der Waals surface area (Å²) in [7, 11) is 0. The SMILES string of the molecule is O=C(CC1CSCCN1)Nc1cnn(CC(=O)N2CCOCC2)c1. The van der Waals surface area contributed by atoms with E-state index >= 15 is 0 Å². The van der Waals surface area contributed by atoms with Crippen molar-refractivity contribution >= 4 is 29.3 Å². The fourth-order valence-electron chi connectivity index (χ4n) is 2.75. The van der Waals surface area contributed by atoms with Gasteiger partial charge in [0.1, 0.15) is 6.54 Å². The average molecular weight is 353 g/mol. The number of nitrogens with one attached hydrogen (secondary N) is 2. The van der Waals surface area contributed by atoms with Crippen LogP contribution in [0.25, 0.3) is 0 Å². The van der Waals surface area contributed by atoms with E-state index in [1.165, 1.54) is 0 Å². The second-order valence-corrected chi connectivity index (χ2v) is 7.05. The highest BCUT2D eigenvalue weighted by Crippen LogP contribution is 2.12. The highest BCUT2D eigenvalue weighted by Gasteiger charge is 2.19. The molecule has 1 aromatic heterocycles. The van der Waals surface area contributed by atoms with E-state index in [2.05, 4.69) is 15.7 Å². The maximum Gasteiger partial charge on any atom is 0.244 e. The summed E-state index contributed by atoms with van der Waals surface area (Å²) in [5.41, 5.74) is 0.623. The summed E-state index contributed by atoms with van der Waals surface area (Å²) in [5, 5.41) is 10.3. The number of hydrogen-bond donors (Lipinski definition) is 2. The summed E-state index contributed by atoms with van der Waals surface area (Å²) in [6, 6.07) is 0.224. The highest BCUT2D eigenvalue weighted by atomic mass is 32.2. The molecule has 1 unspecified atom stereocenters. The van der Waals surface area contributed by atoms with E-state index < -0.39 is 0 Å². The molecule has 2 fully saturated rings. The van der Waals surface area contributed by atoms with E-state index in [0.29, 0.717) is 38.4 Å². The van der Waals surface area contributed by atoms with E-state index in [9.17, 15) is 9.59 Å². The Kier molecular flexibility index (Phi) is 6.11. The van der Waals surface area contributed by atoms with Crippen LogP contribution in [-0.4, -0.2) is 76.9 Å². The number of aromatic nitrogens is 2. The van der Waals surface area contributed by atoms with E-state index in [1.54, 1.807) is 22.0 Å². The Morgan fingerprint density at radius 3 is 3.00 bits per heavy atom. The number of carbonyl (C=O) groups excluding carboxylic acids is 2. The van der Waals surface area contributed by atoms with Gasteiger partial charge in [-0.3, -0.25) is 14.3 Å². The van der Waals surface area contributed by atoms with Gasteiger partial charge in [-0.05, 0) is 0 Å². The minimum atomic E-state index is -0.0333. The van der Waals surface area contributed by atoms with Crippen molar-refractivity contribution in [2.24, 2.45) is 0 Å². The molecule has 0 aliphatic carbocycles. The average Bonchev–Trinajstić information content (AvgIpc) is 3.03. The quantitative estimate of drug-likeness (QED) is 0.761. The second-order valence-electron chi connectivity index (χ2n) is 5.90. The molecule has 2 aliphatic heterocycles. The zero-order chi connectivity index (χ0) is 16.8. The molecule has 0 bridgehead atoms. The monoisotopic (exact) mass is 353 g/mol. The fraction of sp³-hybridized carbons (Fsp3) is 0.667. The molecular weight excluding hydrogens is 330 g/mol. The normalized spacial score (nSPS) is 21.5. The first-order valence-electron chi connectivity index (χ1n) is 8.19. The van der Waals surface area contributed by atoms with Gasteiger partial charge in [0, 0.05) is 49.8 Å². The number of hydrogen-bond acceptors (Lipinski definition) is 6. The van der Waals surface area contributed by atoms with Crippen LogP contribution in [0.1, 0.15) is 6.42 Å². The maximum atomic E-state index is 12.2. The van der Waals surface area contributed by atoms with Crippen LogP contribution in [0.4, 0.5) is 5.69 Å². The molecule has 1 atom stereocenters.